The largest absolute Gasteiger partial charge is 0.382 e. The van der Waals surface area contributed by atoms with Gasteiger partial charge in [-0.25, -0.2) is 13.1 Å². The first-order valence-corrected chi connectivity index (χ1v) is 8.41. The molecule has 0 bridgehead atoms. The molecule has 0 spiro atoms. The molecule has 1 aromatic rings. The molecule has 120 valence electrons. The van der Waals surface area contributed by atoms with Crippen LogP contribution in [0, 0.1) is 0 Å². The Hall–Kier alpha value is -0.990. The average molecular weight is 316 g/mol. The molecule has 1 rings (SSSR count). The lowest BCUT2D eigenvalue weighted by Gasteiger charge is -2.12. The quantitative estimate of drug-likeness (QED) is 0.619. The van der Waals surface area contributed by atoms with Crippen molar-refractivity contribution in [3.05, 3.63) is 29.3 Å². The van der Waals surface area contributed by atoms with Crippen molar-refractivity contribution < 1.29 is 17.9 Å². The van der Waals surface area contributed by atoms with Crippen LogP contribution in [0.4, 0.5) is 0 Å². The summed E-state index contributed by atoms with van der Waals surface area (Å²) in [5.41, 5.74) is 7.15. The van der Waals surface area contributed by atoms with Crippen molar-refractivity contribution in [2.24, 2.45) is 5.73 Å². The van der Waals surface area contributed by atoms with Gasteiger partial charge < -0.3 is 15.2 Å². The van der Waals surface area contributed by atoms with Gasteiger partial charge in [-0.15, -0.1) is 0 Å². The van der Waals surface area contributed by atoms with E-state index < -0.39 is 10.0 Å². The van der Waals surface area contributed by atoms with Gasteiger partial charge >= 0.3 is 0 Å². The molecule has 0 saturated heterocycles. The van der Waals surface area contributed by atoms with Gasteiger partial charge in [0.15, 0.2) is 0 Å². The standard InChI is InChI=1S/C14H24N2O4S/c1-3-13-5-4-12(11-15)10-14(13)21(17,18)16-6-7-20-9-8-19-2/h4-5,10,16H,3,6-9,11,15H2,1-2H3. The number of hydrogen-bond acceptors (Lipinski definition) is 5. The summed E-state index contributed by atoms with van der Waals surface area (Å²) in [6, 6.07) is 5.30. The van der Waals surface area contributed by atoms with Gasteiger partial charge in [0.05, 0.1) is 24.7 Å². The molecule has 0 radical (unpaired) electrons. The molecule has 3 N–H and O–H groups in total. The van der Waals surface area contributed by atoms with Gasteiger partial charge in [-0.3, -0.25) is 0 Å². The van der Waals surface area contributed by atoms with E-state index in [1.54, 1.807) is 13.2 Å². The minimum absolute atomic E-state index is 0.224. The van der Waals surface area contributed by atoms with Crippen LogP contribution in [0.25, 0.3) is 0 Å². The Balaban J connectivity index is 2.69. The number of hydrogen-bond donors (Lipinski definition) is 2. The molecule has 0 atom stereocenters. The molecule has 0 saturated carbocycles. The predicted molar refractivity (Wildman–Crippen MR) is 81.6 cm³/mol. The second-order valence-electron chi connectivity index (χ2n) is 4.50. The van der Waals surface area contributed by atoms with Crippen LogP contribution in [-0.2, 0) is 32.5 Å². The maximum absolute atomic E-state index is 12.3. The van der Waals surface area contributed by atoms with Crippen LogP contribution in [0.2, 0.25) is 0 Å². The van der Waals surface area contributed by atoms with Crippen LogP contribution in [0.3, 0.4) is 0 Å². The van der Waals surface area contributed by atoms with Crippen molar-refractivity contribution in [1.82, 2.24) is 4.72 Å². The molecule has 0 fully saturated rings. The smallest absolute Gasteiger partial charge is 0.240 e. The summed E-state index contributed by atoms with van der Waals surface area (Å²) in [7, 11) is -1.96. The minimum Gasteiger partial charge on any atom is -0.382 e. The zero-order valence-electron chi connectivity index (χ0n) is 12.6. The number of sulfonamides is 1. The molecular formula is C14H24N2O4S. The number of rotatable bonds is 10. The Morgan fingerprint density at radius 3 is 2.62 bits per heavy atom. The Bertz CT molecular complexity index is 532. The van der Waals surface area contributed by atoms with E-state index in [0.717, 1.165) is 11.1 Å². The number of nitrogens with one attached hydrogen (secondary N) is 1. The highest BCUT2D eigenvalue weighted by atomic mass is 32.2. The molecule has 0 unspecified atom stereocenters. The van der Waals surface area contributed by atoms with E-state index >= 15 is 0 Å². The van der Waals surface area contributed by atoms with Crippen LogP contribution in [0.5, 0.6) is 0 Å². The van der Waals surface area contributed by atoms with E-state index in [-0.39, 0.29) is 6.54 Å². The van der Waals surface area contributed by atoms with Crippen molar-refractivity contribution in [2.45, 2.75) is 24.8 Å². The van der Waals surface area contributed by atoms with Gasteiger partial charge in [-0.1, -0.05) is 19.1 Å². The SMILES string of the molecule is CCc1ccc(CN)cc1S(=O)(=O)NCCOCCOC. The summed E-state index contributed by atoms with van der Waals surface area (Å²) in [6.45, 7) is 3.70. The summed E-state index contributed by atoms with van der Waals surface area (Å²) in [5, 5.41) is 0. The van der Waals surface area contributed by atoms with Crippen LogP contribution in [0.1, 0.15) is 18.1 Å². The molecule has 0 heterocycles. The third-order valence-corrected chi connectivity index (χ3v) is 4.55. The molecule has 21 heavy (non-hydrogen) atoms. The number of aryl methyl sites for hydroxylation is 1. The number of nitrogens with two attached hydrogens (primary N) is 1. The van der Waals surface area contributed by atoms with Gasteiger partial charge in [0.1, 0.15) is 0 Å². The summed E-state index contributed by atoms with van der Waals surface area (Å²) in [6.07, 6.45) is 0.644. The maximum atomic E-state index is 12.3. The molecular weight excluding hydrogens is 292 g/mol. The molecule has 6 nitrogen and oxygen atoms in total. The van der Waals surface area contributed by atoms with Gasteiger partial charge in [0.25, 0.3) is 0 Å². The van der Waals surface area contributed by atoms with Crippen molar-refractivity contribution >= 4 is 10.0 Å². The molecule has 0 aliphatic carbocycles. The molecule has 1 aromatic carbocycles. The summed E-state index contributed by atoms with van der Waals surface area (Å²) in [5.74, 6) is 0. The minimum atomic E-state index is -3.55. The third-order valence-electron chi connectivity index (χ3n) is 3.01. The normalized spacial score (nSPS) is 11.8. The molecule has 7 heteroatoms. The fourth-order valence-corrected chi connectivity index (χ4v) is 3.21. The highest BCUT2D eigenvalue weighted by Gasteiger charge is 2.17. The lowest BCUT2D eigenvalue weighted by Crippen LogP contribution is -2.28. The Morgan fingerprint density at radius 2 is 2.00 bits per heavy atom. The molecule has 0 amide bonds. The van der Waals surface area contributed by atoms with Crippen molar-refractivity contribution in [2.75, 3.05) is 33.5 Å². The summed E-state index contributed by atoms with van der Waals surface area (Å²) in [4.78, 5) is 0.296. The third kappa shape index (κ3) is 5.72. The Kier molecular flexibility index (Phi) is 7.84. The fraction of sp³-hybridized carbons (Fsp3) is 0.571. The van der Waals surface area contributed by atoms with Gasteiger partial charge in [-0.2, -0.15) is 0 Å². The average Bonchev–Trinajstić information content (AvgIpc) is 2.50. The van der Waals surface area contributed by atoms with E-state index in [2.05, 4.69) is 4.72 Å². The van der Waals surface area contributed by atoms with Crippen LogP contribution < -0.4 is 10.5 Å². The Labute approximate surface area is 126 Å². The van der Waals surface area contributed by atoms with Gasteiger partial charge in [-0.05, 0) is 23.6 Å². The van der Waals surface area contributed by atoms with Crippen LogP contribution in [0.15, 0.2) is 23.1 Å². The van der Waals surface area contributed by atoms with E-state index in [1.807, 2.05) is 19.1 Å². The predicted octanol–water partition coefficient (Wildman–Crippen LogP) is 0.649. The Morgan fingerprint density at radius 1 is 1.24 bits per heavy atom. The lowest BCUT2D eigenvalue weighted by atomic mass is 10.1. The van der Waals surface area contributed by atoms with Crippen LogP contribution >= 0.6 is 0 Å². The molecule has 0 aliphatic rings. The topological polar surface area (TPSA) is 90.7 Å². The van der Waals surface area contributed by atoms with Crippen molar-refractivity contribution in [1.29, 1.82) is 0 Å². The number of benzene rings is 1. The summed E-state index contributed by atoms with van der Waals surface area (Å²) >= 11 is 0. The zero-order chi connectivity index (χ0) is 15.7. The second-order valence-corrected chi connectivity index (χ2v) is 6.24. The van der Waals surface area contributed by atoms with Crippen LogP contribution in [-0.4, -0.2) is 41.9 Å². The first kappa shape index (κ1) is 18.1. The lowest BCUT2D eigenvalue weighted by molar-refractivity contribution is 0.0736. The van der Waals surface area contributed by atoms with E-state index in [4.69, 9.17) is 15.2 Å². The highest BCUT2D eigenvalue weighted by Crippen LogP contribution is 2.18. The van der Waals surface area contributed by atoms with E-state index in [1.165, 1.54) is 0 Å². The highest BCUT2D eigenvalue weighted by molar-refractivity contribution is 7.89. The maximum Gasteiger partial charge on any atom is 0.240 e. The van der Waals surface area contributed by atoms with Gasteiger partial charge in [0, 0.05) is 20.2 Å². The molecule has 0 aliphatic heterocycles. The second kappa shape index (κ2) is 9.11. The number of ether oxygens (including phenoxy) is 2. The molecule has 0 aromatic heterocycles. The fourth-order valence-electron chi connectivity index (χ4n) is 1.84. The summed E-state index contributed by atoms with van der Waals surface area (Å²) < 4.78 is 37.3. The van der Waals surface area contributed by atoms with E-state index in [9.17, 15) is 8.42 Å². The van der Waals surface area contributed by atoms with E-state index in [0.29, 0.717) is 37.7 Å². The van der Waals surface area contributed by atoms with Crippen molar-refractivity contribution in [3.63, 3.8) is 0 Å². The number of methoxy groups -OCH3 is 1. The monoisotopic (exact) mass is 316 g/mol. The van der Waals surface area contributed by atoms with Crippen molar-refractivity contribution in [3.8, 4) is 0 Å². The zero-order valence-corrected chi connectivity index (χ0v) is 13.4. The first-order valence-electron chi connectivity index (χ1n) is 6.93. The van der Waals surface area contributed by atoms with Gasteiger partial charge in [0.2, 0.25) is 10.0 Å². The first-order chi connectivity index (χ1) is 10.0.